The van der Waals surface area contributed by atoms with Crippen molar-refractivity contribution in [2.75, 3.05) is 0 Å². The molecule has 0 bridgehead atoms. The average molecular weight is 223 g/mol. The molecule has 0 radical (unpaired) electrons. The highest BCUT2D eigenvalue weighted by Crippen LogP contribution is 2.24. The van der Waals surface area contributed by atoms with Crippen LogP contribution in [0.5, 0.6) is 0 Å². The van der Waals surface area contributed by atoms with Gasteiger partial charge in [-0.05, 0) is 29.8 Å². The molecule has 1 aromatic rings. The number of rotatable bonds is 2. The lowest BCUT2D eigenvalue weighted by Gasteiger charge is -1.99. The Bertz CT molecular complexity index is 314. The van der Waals surface area contributed by atoms with Crippen LogP contribution in [0.2, 0.25) is 5.02 Å². The highest BCUT2D eigenvalue weighted by atomic mass is 35.5. The van der Waals surface area contributed by atoms with Gasteiger partial charge < -0.3 is 4.55 Å². The molecular formula is C7H4Cl2O2S. The molecule has 0 spiro atoms. The van der Waals surface area contributed by atoms with Gasteiger partial charge in [0, 0.05) is 16.9 Å². The second-order valence-electron chi connectivity index (χ2n) is 2.01. The average Bonchev–Trinajstić information content (AvgIpc) is 2.03. The van der Waals surface area contributed by atoms with Gasteiger partial charge in [-0.1, -0.05) is 11.6 Å². The maximum Gasteiger partial charge on any atom is 0.253 e. The predicted molar refractivity (Wildman–Crippen MR) is 50.1 cm³/mol. The van der Waals surface area contributed by atoms with Gasteiger partial charge in [-0.3, -0.25) is 4.79 Å². The highest BCUT2D eigenvalue weighted by molar-refractivity contribution is 7.93. The summed E-state index contributed by atoms with van der Waals surface area (Å²) in [6.45, 7) is 0. The van der Waals surface area contributed by atoms with Gasteiger partial charge in [0.2, 0.25) is 0 Å². The SMILES string of the molecule is O=C(Cl)c1ccc(SO)cc1Cl. The molecule has 0 amide bonds. The summed E-state index contributed by atoms with van der Waals surface area (Å²) < 4.78 is 8.63. The molecule has 0 heterocycles. The molecule has 0 saturated heterocycles. The van der Waals surface area contributed by atoms with Crippen molar-refractivity contribution in [3.63, 3.8) is 0 Å². The van der Waals surface area contributed by atoms with Crippen LogP contribution in [0.25, 0.3) is 0 Å². The fourth-order valence-electron chi connectivity index (χ4n) is 0.712. The second kappa shape index (κ2) is 4.14. The van der Waals surface area contributed by atoms with Crippen LogP contribution >= 0.6 is 35.2 Å². The van der Waals surface area contributed by atoms with Gasteiger partial charge in [-0.15, -0.1) is 0 Å². The van der Waals surface area contributed by atoms with Gasteiger partial charge >= 0.3 is 0 Å². The van der Waals surface area contributed by atoms with Crippen molar-refractivity contribution in [2.24, 2.45) is 0 Å². The zero-order valence-electron chi connectivity index (χ0n) is 5.75. The summed E-state index contributed by atoms with van der Waals surface area (Å²) in [4.78, 5) is 11.2. The first kappa shape index (κ1) is 9.86. The smallest absolute Gasteiger partial charge is 0.253 e. The Morgan fingerprint density at radius 3 is 2.58 bits per heavy atom. The first-order valence-corrected chi connectivity index (χ1v) is 4.49. The summed E-state index contributed by atoms with van der Waals surface area (Å²) in [5.41, 5.74) is 0.246. The standard InChI is InChI=1S/C7H4Cl2O2S/c8-6-3-4(12-11)1-2-5(6)7(9)10/h1-3,11H. The molecule has 5 heteroatoms. The first-order valence-electron chi connectivity index (χ1n) is 2.96. The van der Waals surface area contributed by atoms with Gasteiger partial charge in [-0.2, -0.15) is 0 Å². The van der Waals surface area contributed by atoms with E-state index in [0.29, 0.717) is 16.9 Å². The normalized spacial score (nSPS) is 9.92. The molecule has 0 aliphatic carbocycles. The summed E-state index contributed by atoms with van der Waals surface area (Å²) in [6, 6.07) is 4.50. The van der Waals surface area contributed by atoms with Crippen LogP contribution in [-0.2, 0) is 0 Å². The monoisotopic (exact) mass is 222 g/mol. The molecule has 64 valence electrons. The van der Waals surface area contributed by atoms with E-state index in [1.807, 2.05) is 0 Å². The van der Waals surface area contributed by atoms with Crippen LogP contribution < -0.4 is 0 Å². The summed E-state index contributed by atoms with van der Waals surface area (Å²) >= 11 is 11.4. The van der Waals surface area contributed by atoms with E-state index in [4.69, 9.17) is 27.8 Å². The number of carbonyl (C=O) groups excluding carboxylic acids is 1. The van der Waals surface area contributed by atoms with E-state index in [9.17, 15) is 4.79 Å². The maximum absolute atomic E-state index is 10.7. The third-order valence-corrected chi connectivity index (χ3v) is 2.24. The van der Waals surface area contributed by atoms with Crippen LogP contribution in [0, 0.1) is 0 Å². The number of hydrogen-bond acceptors (Lipinski definition) is 3. The van der Waals surface area contributed by atoms with Crippen molar-refractivity contribution in [1.82, 2.24) is 0 Å². The Kier molecular flexibility index (Phi) is 3.40. The molecule has 1 N–H and O–H groups in total. The Hall–Kier alpha value is -0.220. The van der Waals surface area contributed by atoms with Crippen molar-refractivity contribution < 1.29 is 9.35 Å². The second-order valence-corrected chi connectivity index (χ2v) is 3.41. The minimum absolute atomic E-state index is 0.244. The molecule has 1 aromatic carbocycles. The number of halogens is 2. The van der Waals surface area contributed by atoms with Crippen molar-refractivity contribution >= 4 is 40.5 Å². The summed E-state index contributed by atoms with van der Waals surface area (Å²) in [6.07, 6.45) is 0. The largest absolute Gasteiger partial charge is 0.325 e. The Balaban J connectivity index is 3.12. The predicted octanol–water partition coefficient (Wildman–Crippen LogP) is 3.28. The Morgan fingerprint density at radius 2 is 2.17 bits per heavy atom. The van der Waals surface area contributed by atoms with Crippen LogP contribution in [-0.4, -0.2) is 9.80 Å². The van der Waals surface area contributed by atoms with E-state index in [1.54, 1.807) is 6.07 Å². The molecule has 12 heavy (non-hydrogen) atoms. The Labute approximate surface area is 83.7 Å². The van der Waals surface area contributed by atoms with Gasteiger partial charge in [0.05, 0.1) is 10.6 Å². The zero-order chi connectivity index (χ0) is 9.14. The summed E-state index contributed by atoms with van der Waals surface area (Å²) in [5, 5.41) is -0.358. The third kappa shape index (κ3) is 2.14. The van der Waals surface area contributed by atoms with Crippen molar-refractivity contribution in [3.05, 3.63) is 28.8 Å². The van der Waals surface area contributed by atoms with Gasteiger partial charge in [-0.25, -0.2) is 0 Å². The first-order chi connectivity index (χ1) is 5.65. The number of hydrogen-bond donors (Lipinski definition) is 1. The van der Waals surface area contributed by atoms with E-state index < -0.39 is 5.24 Å². The molecule has 1 rings (SSSR count). The molecule has 0 aliphatic heterocycles. The molecule has 0 aliphatic rings. The Morgan fingerprint density at radius 1 is 1.50 bits per heavy atom. The van der Waals surface area contributed by atoms with E-state index in [2.05, 4.69) is 0 Å². The van der Waals surface area contributed by atoms with Crippen molar-refractivity contribution in [1.29, 1.82) is 0 Å². The van der Waals surface area contributed by atoms with Crippen molar-refractivity contribution in [3.8, 4) is 0 Å². The van der Waals surface area contributed by atoms with Crippen LogP contribution in [0.1, 0.15) is 10.4 Å². The topological polar surface area (TPSA) is 37.3 Å². The van der Waals surface area contributed by atoms with Gasteiger partial charge in [0.25, 0.3) is 5.24 Å². The maximum atomic E-state index is 10.7. The van der Waals surface area contributed by atoms with E-state index in [0.717, 1.165) is 0 Å². The minimum Gasteiger partial charge on any atom is -0.325 e. The minimum atomic E-state index is -0.602. The third-order valence-electron chi connectivity index (χ3n) is 1.26. The fourth-order valence-corrected chi connectivity index (χ4v) is 1.56. The van der Waals surface area contributed by atoms with Crippen LogP contribution in [0.3, 0.4) is 0 Å². The van der Waals surface area contributed by atoms with Gasteiger partial charge in [0.1, 0.15) is 0 Å². The fraction of sp³-hybridized carbons (Fsp3) is 0. The molecule has 0 fully saturated rings. The van der Waals surface area contributed by atoms with Gasteiger partial charge in [0.15, 0.2) is 0 Å². The van der Waals surface area contributed by atoms with E-state index in [1.165, 1.54) is 12.1 Å². The number of benzene rings is 1. The summed E-state index contributed by atoms with van der Waals surface area (Å²) in [7, 11) is 0. The molecule has 0 saturated carbocycles. The van der Waals surface area contributed by atoms with Crippen molar-refractivity contribution in [2.45, 2.75) is 4.90 Å². The molecule has 0 unspecified atom stereocenters. The molecular weight excluding hydrogens is 219 g/mol. The van der Waals surface area contributed by atoms with E-state index in [-0.39, 0.29) is 10.6 Å². The quantitative estimate of drug-likeness (QED) is 0.617. The molecule has 0 atom stereocenters. The van der Waals surface area contributed by atoms with Crippen LogP contribution in [0.4, 0.5) is 0 Å². The molecule has 2 nitrogen and oxygen atoms in total. The number of carbonyl (C=O) groups is 1. The van der Waals surface area contributed by atoms with Crippen LogP contribution in [0.15, 0.2) is 23.1 Å². The molecule has 0 aromatic heterocycles. The highest BCUT2D eigenvalue weighted by Gasteiger charge is 2.07. The lowest BCUT2D eigenvalue weighted by atomic mass is 10.2. The summed E-state index contributed by atoms with van der Waals surface area (Å²) in [5.74, 6) is 0. The lowest BCUT2D eigenvalue weighted by molar-refractivity contribution is 0.108. The zero-order valence-corrected chi connectivity index (χ0v) is 8.08. The van der Waals surface area contributed by atoms with E-state index >= 15 is 0 Å². The lowest BCUT2D eigenvalue weighted by Crippen LogP contribution is -1.89.